The van der Waals surface area contributed by atoms with Crippen LogP contribution in [0.3, 0.4) is 0 Å². The van der Waals surface area contributed by atoms with Gasteiger partial charge in [-0.15, -0.1) is 0 Å². The van der Waals surface area contributed by atoms with E-state index in [2.05, 4.69) is 34.6 Å². The molecule has 5 rings (SSSR count). The maximum absolute atomic E-state index is 11.3. The van der Waals surface area contributed by atoms with Crippen molar-refractivity contribution in [3.8, 4) is 5.75 Å². The Hall–Kier alpha value is -1.02. The second kappa shape index (κ2) is 10.0. The highest BCUT2D eigenvalue weighted by Gasteiger charge is 2.61. The molecule has 4 aliphatic carbocycles. The normalized spacial score (nSPS) is 43.8. The van der Waals surface area contributed by atoms with E-state index in [9.17, 15) is 5.11 Å². The Morgan fingerprint density at radius 3 is 2.40 bits per heavy atom. The molecule has 1 aromatic rings. The third kappa shape index (κ3) is 4.71. The Morgan fingerprint density at radius 2 is 1.66 bits per heavy atom. The molecule has 10 atom stereocenters. The van der Waals surface area contributed by atoms with Gasteiger partial charge in [-0.2, -0.15) is 0 Å². The van der Waals surface area contributed by atoms with Gasteiger partial charge in [0.15, 0.2) is 0 Å². The van der Waals surface area contributed by atoms with Crippen LogP contribution < -0.4 is 4.74 Å². The lowest BCUT2D eigenvalue weighted by Gasteiger charge is -2.62. The topological polar surface area (TPSA) is 29.5 Å². The maximum Gasteiger partial charge on any atom is 0.125 e. The first-order valence-corrected chi connectivity index (χ1v) is 15.1. The maximum atomic E-state index is 11.3. The molecule has 0 amide bonds. The Kier molecular flexibility index (Phi) is 7.35. The van der Waals surface area contributed by atoms with E-state index < -0.39 is 0 Å². The lowest BCUT2D eigenvalue weighted by molar-refractivity contribution is -0.156. The van der Waals surface area contributed by atoms with Crippen LogP contribution in [-0.2, 0) is 0 Å². The Labute approximate surface area is 215 Å². The largest absolute Gasteiger partial charge is 0.488 e. The molecule has 4 saturated carbocycles. The fourth-order valence-electron chi connectivity index (χ4n) is 10.1. The van der Waals surface area contributed by atoms with Gasteiger partial charge in [-0.3, -0.25) is 0 Å². The van der Waals surface area contributed by atoms with Gasteiger partial charge in [-0.25, -0.2) is 0 Å². The van der Waals surface area contributed by atoms with E-state index in [4.69, 9.17) is 4.74 Å². The summed E-state index contributed by atoms with van der Waals surface area (Å²) in [4.78, 5) is 0. The third-order valence-electron chi connectivity index (χ3n) is 11.9. The van der Waals surface area contributed by atoms with Crippen molar-refractivity contribution in [2.45, 2.75) is 117 Å². The van der Waals surface area contributed by atoms with Gasteiger partial charge in [0.1, 0.15) is 11.9 Å². The molecule has 35 heavy (non-hydrogen) atoms. The third-order valence-corrected chi connectivity index (χ3v) is 11.9. The highest BCUT2D eigenvalue weighted by atomic mass is 16.5. The van der Waals surface area contributed by atoms with Crippen LogP contribution in [0.25, 0.3) is 0 Å². The quantitative estimate of drug-likeness (QED) is 0.424. The molecule has 0 radical (unpaired) electrons. The monoisotopic (exact) mass is 480 g/mol. The molecule has 0 spiro atoms. The summed E-state index contributed by atoms with van der Waals surface area (Å²) in [5.74, 6) is 6.81. The van der Waals surface area contributed by atoms with Crippen LogP contribution in [0.4, 0.5) is 0 Å². The number of aliphatic hydroxyl groups is 1. The highest BCUT2D eigenvalue weighted by molar-refractivity contribution is 5.22. The zero-order chi connectivity index (χ0) is 24.8. The number of fused-ring (bicyclic) bond motifs is 5. The zero-order valence-electron chi connectivity index (χ0n) is 23.2. The molecule has 0 unspecified atom stereocenters. The molecule has 196 valence electrons. The lowest BCUT2D eigenvalue weighted by Crippen LogP contribution is -2.57. The van der Waals surface area contributed by atoms with Crippen LogP contribution in [0.2, 0.25) is 0 Å². The summed E-state index contributed by atoms with van der Waals surface area (Å²) in [5, 5.41) is 11.3. The Balaban J connectivity index is 1.27. The molecule has 0 heterocycles. The van der Waals surface area contributed by atoms with Gasteiger partial charge in [0, 0.05) is 0 Å². The minimum Gasteiger partial charge on any atom is -0.488 e. The van der Waals surface area contributed by atoms with Crippen LogP contribution in [-0.4, -0.2) is 17.3 Å². The predicted molar refractivity (Wildman–Crippen MR) is 145 cm³/mol. The van der Waals surface area contributed by atoms with Crippen molar-refractivity contribution in [2.24, 2.45) is 52.3 Å². The number of benzene rings is 1. The first kappa shape index (κ1) is 25.6. The Morgan fingerprint density at radius 1 is 0.914 bits per heavy atom. The first-order valence-electron chi connectivity index (χ1n) is 15.1. The summed E-state index contributed by atoms with van der Waals surface area (Å²) in [6.07, 6.45) is 14.2. The Bertz CT molecular complexity index is 835. The van der Waals surface area contributed by atoms with Gasteiger partial charge in [0.05, 0.1) is 6.10 Å². The molecule has 0 aliphatic heterocycles. The molecule has 4 fully saturated rings. The first-order chi connectivity index (χ1) is 16.7. The smallest absolute Gasteiger partial charge is 0.125 e. The van der Waals surface area contributed by atoms with Crippen LogP contribution in [0.1, 0.15) is 105 Å². The van der Waals surface area contributed by atoms with Gasteiger partial charge in [0.2, 0.25) is 0 Å². The summed E-state index contributed by atoms with van der Waals surface area (Å²) in [5.41, 5.74) is 0.828. The number of ether oxygens (including phenoxy) is 1. The van der Waals surface area contributed by atoms with Gasteiger partial charge in [-0.1, -0.05) is 72.1 Å². The second-order valence-electron chi connectivity index (χ2n) is 14.2. The van der Waals surface area contributed by atoms with E-state index in [0.29, 0.717) is 11.3 Å². The summed E-state index contributed by atoms with van der Waals surface area (Å²) < 4.78 is 6.32. The van der Waals surface area contributed by atoms with E-state index in [0.717, 1.165) is 54.1 Å². The van der Waals surface area contributed by atoms with E-state index in [1.165, 1.54) is 57.8 Å². The summed E-state index contributed by atoms with van der Waals surface area (Å²) >= 11 is 0. The van der Waals surface area contributed by atoms with E-state index in [-0.39, 0.29) is 17.6 Å². The lowest BCUT2D eigenvalue weighted by atomic mass is 9.44. The average molecular weight is 481 g/mol. The number of rotatable bonds is 7. The molecule has 0 saturated heterocycles. The van der Waals surface area contributed by atoms with Crippen molar-refractivity contribution < 1.29 is 9.84 Å². The summed E-state index contributed by atoms with van der Waals surface area (Å²) in [6, 6.07) is 10.1. The van der Waals surface area contributed by atoms with E-state index in [1.54, 1.807) is 0 Å². The summed E-state index contributed by atoms with van der Waals surface area (Å²) in [6.45, 7) is 12.6. The van der Waals surface area contributed by atoms with Gasteiger partial charge in [0.25, 0.3) is 0 Å². The number of aliphatic hydroxyl groups excluding tert-OH is 1. The molecule has 4 aliphatic rings. The predicted octanol–water partition coefficient (Wildman–Crippen LogP) is 8.53. The molecule has 2 nitrogen and oxygen atoms in total. The van der Waals surface area contributed by atoms with Crippen molar-refractivity contribution in [1.29, 1.82) is 0 Å². The fourth-order valence-corrected chi connectivity index (χ4v) is 10.1. The van der Waals surface area contributed by atoms with Crippen molar-refractivity contribution in [1.82, 2.24) is 0 Å². The average Bonchev–Trinajstić information content (AvgIpc) is 3.17. The van der Waals surface area contributed by atoms with Crippen LogP contribution in [0.5, 0.6) is 5.75 Å². The molecule has 2 heteroatoms. The second-order valence-corrected chi connectivity index (χ2v) is 14.2. The molecule has 1 N–H and O–H groups in total. The van der Waals surface area contributed by atoms with Gasteiger partial charge >= 0.3 is 0 Å². The van der Waals surface area contributed by atoms with Crippen molar-refractivity contribution >= 4 is 0 Å². The SMILES string of the molecule is CC(C)CCC[C@@H](C)[C@H]1CC[C@H]2[C@@H]3CC[C@H]4C[C@H](Oc5ccccc5)[C@H](O)C[C@]4(C)[C@H]3CC[C@]12C. The molecular formula is C33H52O2. The summed E-state index contributed by atoms with van der Waals surface area (Å²) in [7, 11) is 0. The van der Waals surface area contributed by atoms with Crippen molar-refractivity contribution in [2.75, 3.05) is 0 Å². The van der Waals surface area contributed by atoms with Crippen molar-refractivity contribution in [3.05, 3.63) is 30.3 Å². The van der Waals surface area contributed by atoms with Crippen LogP contribution in [0.15, 0.2) is 30.3 Å². The van der Waals surface area contributed by atoms with E-state index >= 15 is 0 Å². The molecule has 1 aromatic carbocycles. The highest BCUT2D eigenvalue weighted by Crippen LogP contribution is 2.68. The standard InChI is InChI=1S/C33H52O2/c1-22(2)10-9-11-23(3)27-16-17-28-26-15-14-24-20-31(35-25-12-7-6-8-13-25)30(34)21-33(24,5)29(26)18-19-32(27,28)4/h6-8,12-13,22-24,26-31,34H,9-11,14-21H2,1-5H3/t23-,24+,26+,27-,28+,29+,30-,31+,32-,33+/m1/s1. The number of para-hydroxylation sites is 1. The molecule has 0 bridgehead atoms. The number of hydrogen-bond donors (Lipinski definition) is 1. The minimum atomic E-state index is -0.346. The van der Waals surface area contributed by atoms with Crippen LogP contribution >= 0.6 is 0 Å². The van der Waals surface area contributed by atoms with Gasteiger partial charge < -0.3 is 9.84 Å². The fraction of sp³-hybridized carbons (Fsp3) is 0.818. The van der Waals surface area contributed by atoms with Crippen molar-refractivity contribution in [3.63, 3.8) is 0 Å². The molecule has 0 aromatic heterocycles. The van der Waals surface area contributed by atoms with Gasteiger partial charge in [-0.05, 0) is 116 Å². The van der Waals surface area contributed by atoms with E-state index in [1.807, 2.05) is 30.3 Å². The van der Waals surface area contributed by atoms with Crippen LogP contribution in [0, 0.1) is 52.3 Å². The molecular weight excluding hydrogens is 428 g/mol. The number of hydrogen-bond acceptors (Lipinski definition) is 2. The minimum absolute atomic E-state index is 0.0524. The zero-order valence-corrected chi connectivity index (χ0v) is 23.2.